The molecule has 0 aromatic rings. The van der Waals surface area contributed by atoms with Crippen molar-refractivity contribution in [3.05, 3.63) is 0 Å². The van der Waals surface area contributed by atoms with Gasteiger partial charge in [0.1, 0.15) is 0 Å². The van der Waals surface area contributed by atoms with Crippen LogP contribution in [0.4, 0.5) is 8.78 Å². The summed E-state index contributed by atoms with van der Waals surface area (Å²) in [7, 11) is 1.80. The molecule has 1 aliphatic rings. The normalized spacial score (nSPS) is 27.0. The van der Waals surface area contributed by atoms with E-state index in [9.17, 15) is 8.78 Å². The maximum absolute atomic E-state index is 14.0. The lowest BCUT2D eigenvalue weighted by Crippen LogP contribution is -2.59. The van der Waals surface area contributed by atoms with Gasteiger partial charge in [-0.3, -0.25) is 9.80 Å². The van der Waals surface area contributed by atoms with Crippen LogP contribution < -0.4 is 0 Å². The van der Waals surface area contributed by atoms with Gasteiger partial charge >= 0.3 is 0 Å². The van der Waals surface area contributed by atoms with Gasteiger partial charge in [-0.05, 0) is 41.2 Å². The molecule has 2 nitrogen and oxygen atoms in total. The maximum atomic E-state index is 14.0. The SMILES string of the molecule is CC(C)N1CC[C@@H](N(C)C(C)C)C(F)(F)C1. The molecule has 0 radical (unpaired) electrons. The minimum Gasteiger partial charge on any atom is -0.295 e. The molecule has 0 N–H and O–H groups in total. The Balaban J connectivity index is 2.70. The highest BCUT2D eigenvalue weighted by atomic mass is 19.3. The molecular weight excluding hydrogens is 210 g/mol. The molecule has 0 aromatic heterocycles. The molecule has 0 unspecified atom stereocenters. The van der Waals surface area contributed by atoms with Gasteiger partial charge in [0, 0.05) is 18.6 Å². The van der Waals surface area contributed by atoms with Crippen molar-refractivity contribution in [2.45, 2.75) is 58.2 Å². The van der Waals surface area contributed by atoms with Crippen molar-refractivity contribution in [1.82, 2.24) is 9.80 Å². The van der Waals surface area contributed by atoms with Gasteiger partial charge in [-0.1, -0.05) is 0 Å². The lowest BCUT2D eigenvalue weighted by molar-refractivity contribution is -0.132. The predicted molar refractivity (Wildman–Crippen MR) is 63.0 cm³/mol. The Labute approximate surface area is 97.6 Å². The second-order valence-corrected chi connectivity index (χ2v) is 5.39. The fraction of sp³-hybridized carbons (Fsp3) is 1.00. The minimum atomic E-state index is -2.60. The second-order valence-electron chi connectivity index (χ2n) is 5.39. The fourth-order valence-corrected chi connectivity index (χ4v) is 2.26. The standard InChI is InChI=1S/C12H24F2N2/c1-9(2)15(5)11-6-7-16(10(3)4)8-12(11,13)14/h9-11H,6-8H2,1-5H3/t11-/m1/s1. The van der Waals surface area contributed by atoms with Crippen LogP contribution in [0.15, 0.2) is 0 Å². The van der Waals surface area contributed by atoms with Crippen LogP contribution in [-0.2, 0) is 0 Å². The molecule has 0 aromatic carbocycles. The Morgan fingerprint density at radius 1 is 1.25 bits per heavy atom. The van der Waals surface area contributed by atoms with Gasteiger partial charge in [0.2, 0.25) is 0 Å². The maximum Gasteiger partial charge on any atom is 0.275 e. The fourth-order valence-electron chi connectivity index (χ4n) is 2.26. The minimum absolute atomic E-state index is 0.105. The molecular formula is C12H24F2N2. The number of rotatable bonds is 3. The van der Waals surface area contributed by atoms with Crippen LogP contribution >= 0.6 is 0 Å². The number of alkyl halides is 2. The van der Waals surface area contributed by atoms with Gasteiger partial charge < -0.3 is 0 Å². The topological polar surface area (TPSA) is 6.48 Å². The average Bonchev–Trinajstić information content (AvgIpc) is 2.14. The number of hydrogen-bond donors (Lipinski definition) is 0. The Bertz CT molecular complexity index is 229. The smallest absolute Gasteiger partial charge is 0.275 e. The second kappa shape index (κ2) is 4.96. The summed E-state index contributed by atoms with van der Waals surface area (Å²) in [6.07, 6.45) is 0.555. The molecule has 1 saturated heterocycles. The van der Waals surface area contributed by atoms with E-state index in [1.165, 1.54) is 0 Å². The molecule has 16 heavy (non-hydrogen) atoms. The van der Waals surface area contributed by atoms with Crippen molar-refractivity contribution < 1.29 is 8.78 Å². The highest BCUT2D eigenvalue weighted by molar-refractivity contribution is 4.93. The molecule has 0 saturated carbocycles. The third-order valence-corrected chi connectivity index (χ3v) is 3.63. The summed E-state index contributed by atoms with van der Waals surface area (Å²) in [4.78, 5) is 3.67. The summed E-state index contributed by atoms with van der Waals surface area (Å²) >= 11 is 0. The van der Waals surface area contributed by atoms with Gasteiger partial charge in [0.05, 0.1) is 12.6 Å². The van der Waals surface area contributed by atoms with Gasteiger partial charge in [0.25, 0.3) is 5.92 Å². The van der Waals surface area contributed by atoms with Crippen molar-refractivity contribution in [3.63, 3.8) is 0 Å². The van der Waals surface area contributed by atoms with Crippen LogP contribution in [0.2, 0.25) is 0 Å². The summed E-state index contributed by atoms with van der Waals surface area (Å²) < 4.78 is 28.0. The first-order chi connectivity index (χ1) is 7.25. The predicted octanol–water partition coefficient (Wildman–Crippen LogP) is 2.44. The van der Waals surface area contributed by atoms with E-state index in [1.54, 1.807) is 11.9 Å². The monoisotopic (exact) mass is 234 g/mol. The summed E-state index contributed by atoms with van der Waals surface area (Å²) in [5, 5.41) is 0. The summed E-state index contributed by atoms with van der Waals surface area (Å²) in [6, 6.07) is -0.236. The van der Waals surface area contributed by atoms with E-state index in [2.05, 4.69) is 0 Å². The van der Waals surface area contributed by atoms with E-state index in [4.69, 9.17) is 0 Å². The van der Waals surface area contributed by atoms with E-state index in [1.807, 2.05) is 32.6 Å². The van der Waals surface area contributed by atoms with Crippen LogP contribution in [0, 0.1) is 0 Å². The molecule has 1 heterocycles. The molecule has 1 fully saturated rings. The highest BCUT2D eigenvalue weighted by Crippen LogP contribution is 2.32. The highest BCUT2D eigenvalue weighted by Gasteiger charge is 2.47. The Kier molecular flexibility index (Phi) is 4.29. The number of halogens is 2. The van der Waals surface area contributed by atoms with Crippen molar-refractivity contribution in [2.75, 3.05) is 20.1 Å². The van der Waals surface area contributed by atoms with Gasteiger partial charge in [-0.15, -0.1) is 0 Å². The molecule has 4 heteroatoms. The quantitative estimate of drug-likeness (QED) is 0.740. The average molecular weight is 234 g/mol. The molecule has 0 bridgehead atoms. The third-order valence-electron chi connectivity index (χ3n) is 3.63. The van der Waals surface area contributed by atoms with E-state index < -0.39 is 12.0 Å². The van der Waals surface area contributed by atoms with Crippen LogP contribution in [0.1, 0.15) is 34.1 Å². The number of nitrogens with zero attached hydrogens (tertiary/aromatic N) is 2. The zero-order valence-electron chi connectivity index (χ0n) is 11.0. The molecule has 0 spiro atoms. The molecule has 1 atom stereocenters. The Hall–Kier alpha value is -0.220. The van der Waals surface area contributed by atoms with Crippen LogP contribution in [0.25, 0.3) is 0 Å². The Morgan fingerprint density at radius 3 is 2.19 bits per heavy atom. The van der Waals surface area contributed by atoms with Crippen LogP contribution in [-0.4, -0.2) is 54.0 Å². The zero-order valence-corrected chi connectivity index (χ0v) is 11.0. The summed E-state index contributed by atoms with van der Waals surface area (Å²) in [6.45, 7) is 8.54. The van der Waals surface area contributed by atoms with Crippen molar-refractivity contribution in [1.29, 1.82) is 0 Å². The van der Waals surface area contributed by atoms with Crippen LogP contribution in [0.5, 0.6) is 0 Å². The molecule has 0 aliphatic carbocycles. The summed E-state index contributed by atoms with van der Waals surface area (Å²) in [5.74, 6) is -2.60. The van der Waals surface area contributed by atoms with E-state index >= 15 is 0 Å². The van der Waals surface area contributed by atoms with Gasteiger partial charge in [-0.2, -0.15) is 0 Å². The van der Waals surface area contributed by atoms with Crippen molar-refractivity contribution >= 4 is 0 Å². The Morgan fingerprint density at radius 2 is 1.81 bits per heavy atom. The number of hydrogen-bond acceptors (Lipinski definition) is 2. The first-order valence-electron chi connectivity index (χ1n) is 6.09. The first kappa shape index (κ1) is 13.8. The lowest BCUT2D eigenvalue weighted by atomic mass is 9.97. The van der Waals surface area contributed by atoms with E-state index in [0.29, 0.717) is 6.42 Å². The number of piperidine rings is 1. The molecule has 0 amide bonds. The first-order valence-corrected chi connectivity index (χ1v) is 6.09. The third kappa shape index (κ3) is 2.92. The molecule has 96 valence electrons. The van der Waals surface area contributed by atoms with E-state index in [-0.39, 0.29) is 18.6 Å². The van der Waals surface area contributed by atoms with Gasteiger partial charge in [0.15, 0.2) is 0 Å². The van der Waals surface area contributed by atoms with Crippen molar-refractivity contribution in [3.8, 4) is 0 Å². The van der Waals surface area contributed by atoms with Crippen molar-refractivity contribution in [2.24, 2.45) is 0 Å². The number of likely N-dealkylation sites (tertiary alicyclic amines) is 1. The zero-order chi connectivity index (χ0) is 12.5. The molecule has 1 aliphatic heterocycles. The van der Waals surface area contributed by atoms with E-state index in [0.717, 1.165) is 6.54 Å². The molecule has 1 rings (SSSR count). The largest absolute Gasteiger partial charge is 0.295 e. The summed E-state index contributed by atoms with van der Waals surface area (Å²) in [5.41, 5.74) is 0. The van der Waals surface area contributed by atoms with Gasteiger partial charge in [-0.25, -0.2) is 8.78 Å². The van der Waals surface area contributed by atoms with Crippen LogP contribution in [0.3, 0.4) is 0 Å². The lowest BCUT2D eigenvalue weighted by Gasteiger charge is -2.44.